The maximum atomic E-state index is 13.3. The van der Waals surface area contributed by atoms with Gasteiger partial charge < -0.3 is 0 Å². The van der Waals surface area contributed by atoms with Gasteiger partial charge in [-0.3, -0.25) is 9.36 Å². The first-order valence-corrected chi connectivity index (χ1v) is 9.47. The number of aromatic nitrogens is 2. The molecule has 4 aromatic rings. The molecule has 0 N–H and O–H groups in total. The van der Waals surface area contributed by atoms with Gasteiger partial charge in [-0.15, -0.1) is 0 Å². The number of nitrogens with zero attached hydrogens (tertiary/aromatic N) is 2. The summed E-state index contributed by atoms with van der Waals surface area (Å²) >= 11 is 9.49. The monoisotopic (exact) mass is 440 g/mol. The zero-order chi connectivity index (χ0) is 19.0. The van der Waals surface area contributed by atoms with Gasteiger partial charge in [0.05, 0.1) is 23.1 Å². The first-order chi connectivity index (χ1) is 13.0. The van der Waals surface area contributed by atoms with Gasteiger partial charge in [0.15, 0.2) is 0 Å². The van der Waals surface area contributed by atoms with Crippen LogP contribution < -0.4 is 11.2 Å². The fraction of sp³-hybridized carbons (Fsp3) is 0.0476. The summed E-state index contributed by atoms with van der Waals surface area (Å²) in [5.41, 5.74) is 1.24. The Labute approximate surface area is 168 Å². The van der Waals surface area contributed by atoms with Crippen molar-refractivity contribution in [1.29, 1.82) is 0 Å². The third kappa shape index (κ3) is 3.36. The molecule has 0 radical (unpaired) electrons. The van der Waals surface area contributed by atoms with E-state index in [1.165, 1.54) is 4.57 Å². The number of hydrogen-bond acceptors (Lipinski definition) is 2. The predicted octanol–water partition coefficient (Wildman–Crippen LogP) is 4.62. The van der Waals surface area contributed by atoms with E-state index in [4.69, 9.17) is 11.6 Å². The summed E-state index contributed by atoms with van der Waals surface area (Å²) in [6, 6.07) is 21.8. The lowest BCUT2D eigenvalue weighted by Crippen LogP contribution is -2.39. The molecule has 0 unspecified atom stereocenters. The topological polar surface area (TPSA) is 44.0 Å². The standard InChI is InChI=1S/C21H14BrClN2O2/c22-15-9-10-19-18(11-15)20(26)25(17-8-4-7-16(23)12-17)21(27)24(19)13-14-5-2-1-3-6-14/h1-12H,13H2. The van der Waals surface area contributed by atoms with Crippen LogP contribution in [0.3, 0.4) is 0 Å². The van der Waals surface area contributed by atoms with Crippen molar-refractivity contribution in [3.8, 4) is 5.69 Å². The molecule has 134 valence electrons. The third-order valence-corrected chi connectivity index (χ3v) is 5.08. The highest BCUT2D eigenvalue weighted by molar-refractivity contribution is 9.10. The molecule has 0 spiro atoms. The molecule has 0 saturated heterocycles. The zero-order valence-electron chi connectivity index (χ0n) is 14.1. The van der Waals surface area contributed by atoms with Gasteiger partial charge in [-0.25, -0.2) is 9.36 Å². The average Bonchev–Trinajstić information content (AvgIpc) is 2.66. The van der Waals surface area contributed by atoms with Crippen LogP contribution in [0.5, 0.6) is 0 Å². The minimum atomic E-state index is -0.402. The van der Waals surface area contributed by atoms with Gasteiger partial charge in [-0.05, 0) is 42.0 Å². The van der Waals surface area contributed by atoms with E-state index in [1.807, 2.05) is 36.4 Å². The Kier molecular flexibility index (Phi) is 4.72. The van der Waals surface area contributed by atoms with E-state index in [0.717, 1.165) is 10.0 Å². The molecule has 0 amide bonds. The van der Waals surface area contributed by atoms with Crippen LogP contribution in [0.15, 0.2) is 86.9 Å². The molecule has 4 rings (SSSR count). The highest BCUT2D eigenvalue weighted by atomic mass is 79.9. The fourth-order valence-corrected chi connectivity index (χ4v) is 3.65. The fourth-order valence-electron chi connectivity index (χ4n) is 3.11. The Hall–Kier alpha value is -2.63. The maximum Gasteiger partial charge on any atom is 0.336 e. The smallest absolute Gasteiger partial charge is 0.288 e. The highest BCUT2D eigenvalue weighted by Crippen LogP contribution is 2.19. The largest absolute Gasteiger partial charge is 0.336 e. The van der Waals surface area contributed by atoms with Crippen molar-refractivity contribution in [2.75, 3.05) is 0 Å². The molecule has 0 aliphatic rings. The van der Waals surface area contributed by atoms with Crippen molar-refractivity contribution < 1.29 is 0 Å². The van der Waals surface area contributed by atoms with Crippen molar-refractivity contribution in [3.63, 3.8) is 0 Å². The Morgan fingerprint density at radius 3 is 2.41 bits per heavy atom. The van der Waals surface area contributed by atoms with E-state index < -0.39 is 5.69 Å². The highest BCUT2D eigenvalue weighted by Gasteiger charge is 2.15. The third-order valence-electron chi connectivity index (χ3n) is 4.35. The molecule has 0 atom stereocenters. The average molecular weight is 442 g/mol. The molecular weight excluding hydrogens is 428 g/mol. The first kappa shape index (κ1) is 17.8. The van der Waals surface area contributed by atoms with Crippen molar-refractivity contribution in [2.45, 2.75) is 6.54 Å². The van der Waals surface area contributed by atoms with E-state index in [9.17, 15) is 9.59 Å². The van der Waals surface area contributed by atoms with Crippen LogP contribution in [0, 0.1) is 0 Å². The molecule has 3 aromatic carbocycles. The molecule has 0 bridgehead atoms. The normalized spacial score (nSPS) is 11.0. The second-order valence-electron chi connectivity index (χ2n) is 6.14. The number of halogens is 2. The van der Waals surface area contributed by atoms with E-state index in [0.29, 0.717) is 28.2 Å². The van der Waals surface area contributed by atoms with Crippen LogP contribution in [0.2, 0.25) is 5.02 Å². The SMILES string of the molecule is O=c1c2cc(Br)ccc2n(Cc2ccccc2)c(=O)n1-c1cccc(Cl)c1. The summed E-state index contributed by atoms with van der Waals surface area (Å²) in [5.74, 6) is 0. The second-order valence-corrected chi connectivity index (χ2v) is 7.49. The quantitative estimate of drug-likeness (QED) is 0.466. The summed E-state index contributed by atoms with van der Waals surface area (Å²) < 4.78 is 3.55. The Balaban J connectivity index is 2.07. The Bertz CT molecular complexity index is 1260. The van der Waals surface area contributed by atoms with E-state index >= 15 is 0 Å². The molecule has 1 heterocycles. The van der Waals surface area contributed by atoms with Crippen molar-refractivity contribution >= 4 is 38.4 Å². The van der Waals surface area contributed by atoms with Crippen LogP contribution in [0.4, 0.5) is 0 Å². The van der Waals surface area contributed by atoms with E-state index in [-0.39, 0.29) is 5.56 Å². The molecule has 0 aliphatic heterocycles. The van der Waals surface area contributed by atoms with Crippen LogP contribution in [-0.2, 0) is 6.54 Å². The van der Waals surface area contributed by atoms with Crippen molar-refractivity contribution in [1.82, 2.24) is 9.13 Å². The summed E-state index contributed by atoms with van der Waals surface area (Å²) in [6.07, 6.45) is 0. The van der Waals surface area contributed by atoms with Gasteiger partial charge in [0, 0.05) is 9.50 Å². The molecular formula is C21H14BrClN2O2. The molecule has 1 aromatic heterocycles. The summed E-state index contributed by atoms with van der Waals surface area (Å²) in [7, 11) is 0. The van der Waals surface area contributed by atoms with Gasteiger partial charge in [0.1, 0.15) is 0 Å². The van der Waals surface area contributed by atoms with Crippen molar-refractivity contribution in [3.05, 3.63) is 109 Å². The lowest BCUT2D eigenvalue weighted by Gasteiger charge is -2.15. The molecule has 6 heteroatoms. The lowest BCUT2D eigenvalue weighted by atomic mass is 10.2. The van der Waals surface area contributed by atoms with Crippen LogP contribution in [0.1, 0.15) is 5.56 Å². The van der Waals surface area contributed by atoms with Gasteiger partial charge in [-0.2, -0.15) is 0 Å². The molecule has 4 nitrogen and oxygen atoms in total. The number of rotatable bonds is 3. The lowest BCUT2D eigenvalue weighted by molar-refractivity contribution is 0.714. The second kappa shape index (κ2) is 7.18. The predicted molar refractivity (Wildman–Crippen MR) is 112 cm³/mol. The number of benzene rings is 3. The number of hydrogen-bond donors (Lipinski definition) is 0. The number of fused-ring (bicyclic) bond motifs is 1. The minimum absolute atomic E-state index is 0.360. The van der Waals surface area contributed by atoms with Crippen LogP contribution >= 0.6 is 27.5 Å². The van der Waals surface area contributed by atoms with Crippen LogP contribution in [0.25, 0.3) is 16.6 Å². The maximum absolute atomic E-state index is 13.3. The minimum Gasteiger partial charge on any atom is -0.288 e. The van der Waals surface area contributed by atoms with Gasteiger partial charge in [0.25, 0.3) is 5.56 Å². The van der Waals surface area contributed by atoms with Gasteiger partial charge in [0.2, 0.25) is 0 Å². The molecule has 0 saturated carbocycles. The Morgan fingerprint density at radius 1 is 0.889 bits per heavy atom. The van der Waals surface area contributed by atoms with E-state index in [2.05, 4.69) is 15.9 Å². The summed E-state index contributed by atoms with van der Waals surface area (Å²) in [5, 5.41) is 0.919. The van der Waals surface area contributed by atoms with Gasteiger partial charge >= 0.3 is 5.69 Å². The van der Waals surface area contributed by atoms with Crippen LogP contribution in [-0.4, -0.2) is 9.13 Å². The molecule has 27 heavy (non-hydrogen) atoms. The zero-order valence-corrected chi connectivity index (χ0v) is 16.4. The molecule has 0 aliphatic carbocycles. The summed E-state index contributed by atoms with van der Waals surface area (Å²) in [6.45, 7) is 0.360. The van der Waals surface area contributed by atoms with E-state index in [1.54, 1.807) is 41.0 Å². The Morgan fingerprint density at radius 2 is 1.67 bits per heavy atom. The summed E-state index contributed by atoms with van der Waals surface area (Å²) in [4.78, 5) is 26.4. The van der Waals surface area contributed by atoms with Crippen molar-refractivity contribution in [2.24, 2.45) is 0 Å². The van der Waals surface area contributed by atoms with Gasteiger partial charge in [-0.1, -0.05) is 63.9 Å². The molecule has 0 fully saturated rings. The first-order valence-electron chi connectivity index (χ1n) is 8.29.